The Morgan fingerprint density at radius 3 is 2.37 bits per heavy atom. The topological polar surface area (TPSA) is 47.6 Å². The van der Waals surface area contributed by atoms with Crippen LogP contribution in [0, 0.1) is 0 Å². The summed E-state index contributed by atoms with van der Waals surface area (Å²) in [4.78, 5) is 12.0. The number of nitrogens with one attached hydrogen (secondary N) is 1. The first-order chi connectivity index (χ1) is 9.19. The summed E-state index contributed by atoms with van der Waals surface area (Å²) in [6.07, 6.45) is 4.10. The van der Waals surface area contributed by atoms with Gasteiger partial charge in [0.1, 0.15) is 11.5 Å². The standard InChI is InChI=1S/C15H21NO3/c1-11(15(17)16-12-5-3-4-6-12)19-14-9-7-13(18-2)8-10-14/h7-12H,3-6H2,1-2H3,(H,16,17)/t11-/m0/s1. The second-order valence-corrected chi connectivity index (χ2v) is 4.93. The van der Waals surface area contributed by atoms with Crippen molar-refractivity contribution in [3.05, 3.63) is 24.3 Å². The van der Waals surface area contributed by atoms with Crippen molar-refractivity contribution in [2.75, 3.05) is 7.11 Å². The molecule has 1 fully saturated rings. The molecule has 1 atom stereocenters. The van der Waals surface area contributed by atoms with Gasteiger partial charge in [0.25, 0.3) is 5.91 Å². The summed E-state index contributed by atoms with van der Waals surface area (Å²) in [6, 6.07) is 7.57. The number of hydrogen-bond acceptors (Lipinski definition) is 3. The van der Waals surface area contributed by atoms with Gasteiger partial charge in [-0.1, -0.05) is 12.8 Å². The maximum absolute atomic E-state index is 12.0. The van der Waals surface area contributed by atoms with Gasteiger partial charge in [-0.05, 0) is 44.0 Å². The molecule has 0 radical (unpaired) electrons. The van der Waals surface area contributed by atoms with Gasteiger partial charge >= 0.3 is 0 Å². The van der Waals surface area contributed by atoms with E-state index in [2.05, 4.69) is 5.32 Å². The molecule has 1 amide bonds. The number of carbonyl (C=O) groups excluding carboxylic acids is 1. The minimum absolute atomic E-state index is 0.0391. The highest BCUT2D eigenvalue weighted by Crippen LogP contribution is 2.20. The zero-order valence-electron chi connectivity index (χ0n) is 11.5. The Kier molecular flexibility index (Phi) is 4.66. The van der Waals surface area contributed by atoms with Crippen LogP contribution in [-0.2, 0) is 4.79 Å². The first-order valence-corrected chi connectivity index (χ1v) is 6.80. The van der Waals surface area contributed by atoms with Gasteiger partial charge < -0.3 is 14.8 Å². The minimum atomic E-state index is -0.478. The summed E-state index contributed by atoms with van der Waals surface area (Å²) >= 11 is 0. The van der Waals surface area contributed by atoms with Crippen LogP contribution in [0.1, 0.15) is 32.6 Å². The predicted molar refractivity (Wildman–Crippen MR) is 73.5 cm³/mol. The lowest BCUT2D eigenvalue weighted by molar-refractivity contribution is -0.127. The molecule has 1 aliphatic rings. The summed E-state index contributed by atoms with van der Waals surface area (Å²) in [5.74, 6) is 1.41. The molecule has 0 unspecified atom stereocenters. The van der Waals surface area contributed by atoms with Gasteiger partial charge in [-0.15, -0.1) is 0 Å². The summed E-state index contributed by atoms with van der Waals surface area (Å²) in [5.41, 5.74) is 0. The fourth-order valence-corrected chi connectivity index (χ4v) is 2.30. The number of carbonyl (C=O) groups is 1. The van der Waals surface area contributed by atoms with Crippen molar-refractivity contribution < 1.29 is 14.3 Å². The monoisotopic (exact) mass is 263 g/mol. The van der Waals surface area contributed by atoms with Crippen LogP contribution in [0.2, 0.25) is 0 Å². The molecule has 1 aliphatic carbocycles. The van der Waals surface area contributed by atoms with E-state index in [0.717, 1.165) is 18.6 Å². The van der Waals surface area contributed by atoms with Gasteiger partial charge in [0.05, 0.1) is 7.11 Å². The van der Waals surface area contributed by atoms with Crippen LogP contribution in [0.5, 0.6) is 11.5 Å². The number of methoxy groups -OCH3 is 1. The second kappa shape index (κ2) is 6.45. The highest BCUT2D eigenvalue weighted by Gasteiger charge is 2.21. The number of amides is 1. The third-order valence-corrected chi connectivity index (χ3v) is 3.44. The fraction of sp³-hybridized carbons (Fsp3) is 0.533. The van der Waals surface area contributed by atoms with Crippen molar-refractivity contribution in [3.8, 4) is 11.5 Å². The molecule has 0 bridgehead atoms. The molecule has 104 valence electrons. The first-order valence-electron chi connectivity index (χ1n) is 6.80. The third-order valence-electron chi connectivity index (χ3n) is 3.44. The molecule has 1 saturated carbocycles. The van der Waals surface area contributed by atoms with Crippen LogP contribution >= 0.6 is 0 Å². The van der Waals surface area contributed by atoms with Gasteiger partial charge in [0.15, 0.2) is 6.10 Å². The number of rotatable bonds is 5. The molecule has 0 aromatic heterocycles. The van der Waals surface area contributed by atoms with E-state index in [9.17, 15) is 4.79 Å². The van der Waals surface area contributed by atoms with Crippen molar-refractivity contribution in [3.63, 3.8) is 0 Å². The van der Waals surface area contributed by atoms with Crippen LogP contribution in [0.4, 0.5) is 0 Å². The zero-order valence-corrected chi connectivity index (χ0v) is 11.5. The van der Waals surface area contributed by atoms with Gasteiger partial charge in [0, 0.05) is 6.04 Å². The average Bonchev–Trinajstić information content (AvgIpc) is 2.92. The molecule has 4 heteroatoms. The van der Waals surface area contributed by atoms with E-state index in [-0.39, 0.29) is 5.91 Å². The molecule has 1 aromatic rings. The number of hydrogen-bond donors (Lipinski definition) is 1. The number of benzene rings is 1. The van der Waals surface area contributed by atoms with E-state index >= 15 is 0 Å². The first kappa shape index (κ1) is 13.7. The van der Waals surface area contributed by atoms with Crippen LogP contribution in [0.25, 0.3) is 0 Å². The van der Waals surface area contributed by atoms with E-state index in [0.29, 0.717) is 11.8 Å². The van der Waals surface area contributed by atoms with E-state index in [1.807, 2.05) is 12.1 Å². The quantitative estimate of drug-likeness (QED) is 0.888. The Balaban J connectivity index is 1.84. The molecular formula is C15H21NO3. The van der Waals surface area contributed by atoms with Crippen molar-refractivity contribution in [2.24, 2.45) is 0 Å². The molecule has 1 N–H and O–H groups in total. The van der Waals surface area contributed by atoms with Gasteiger partial charge in [-0.3, -0.25) is 4.79 Å². The van der Waals surface area contributed by atoms with Gasteiger partial charge in [-0.25, -0.2) is 0 Å². The maximum Gasteiger partial charge on any atom is 0.260 e. The van der Waals surface area contributed by atoms with Crippen LogP contribution < -0.4 is 14.8 Å². The Hall–Kier alpha value is -1.71. The smallest absolute Gasteiger partial charge is 0.260 e. The molecule has 19 heavy (non-hydrogen) atoms. The number of ether oxygens (including phenoxy) is 2. The highest BCUT2D eigenvalue weighted by atomic mass is 16.5. The van der Waals surface area contributed by atoms with E-state index in [4.69, 9.17) is 9.47 Å². The molecule has 0 spiro atoms. The Morgan fingerprint density at radius 2 is 1.79 bits per heavy atom. The van der Waals surface area contributed by atoms with E-state index in [1.165, 1.54) is 12.8 Å². The molecule has 4 nitrogen and oxygen atoms in total. The van der Waals surface area contributed by atoms with Gasteiger partial charge in [0.2, 0.25) is 0 Å². The summed E-state index contributed by atoms with van der Waals surface area (Å²) in [7, 11) is 1.62. The highest BCUT2D eigenvalue weighted by molar-refractivity contribution is 5.81. The van der Waals surface area contributed by atoms with Crippen molar-refractivity contribution in [1.82, 2.24) is 5.32 Å². The molecule has 0 saturated heterocycles. The van der Waals surface area contributed by atoms with Gasteiger partial charge in [-0.2, -0.15) is 0 Å². The van der Waals surface area contributed by atoms with E-state index in [1.54, 1.807) is 26.2 Å². The normalized spacial score (nSPS) is 16.9. The van der Waals surface area contributed by atoms with Crippen LogP contribution in [-0.4, -0.2) is 25.2 Å². The lowest BCUT2D eigenvalue weighted by Crippen LogP contribution is -2.41. The second-order valence-electron chi connectivity index (χ2n) is 4.93. The van der Waals surface area contributed by atoms with Crippen LogP contribution in [0.3, 0.4) is 0 Å². The largest absolute Gasteiger partial charge is 0.497 e. The lowest BCUT2D eigenvalue weighted by Gasteiger charge is -2.18. The minimum Gasteiger partial charge on any atom is -0.497 e. The summed E-state index contributed by atoms with van der Waals surface area (Å²) in [6.45, 7) is 1.77. The third kappa shape index (κ3) is 3.88. The Labute approximate surface area is 114 Å². The summed E-state index contributed by atoms with van der Waals surface area (Å²) in [5, 5.41) is 3.03. The summed E-state index contributed by atoms with van der Waals surface area (Å²) < 4.78 is 10.7. The SMILES string of the molecule is COc1ccc(O[C@@H](C)C(=O)NC2CCCC2)cc1. The molecule has 0 aliphatic heterocycles. The van der Waals surface area contributed by atoms with Crippen molar-refractivity contribution >= 4 is 5.91 Å². The molecule has 1 aromatic carbocycles. The average molecular weight is 263 g/mol. The molecular weight excluding hydrogens is 242 g/mol. The fourth-order valence-electron chi connectivity index (χ4n) is 2.30. The zero-order chi connectivity index (χ0) is 13.7. The Morgan fingerprint density at radius 1 is 1.21 bits per heavy atom. The predicted octanol–water partition coefficient (Wildman–Crippen LogP) is 2.52. The van der Waals surface area contributed by atoms with Crippen molar-refractivity contribution in [1.29, 1.82) is 0 Å². The van der Waals surface area contributed by atoms with Crippen molar-refractivity contribution in [2.45, 2.75) is 44.8 Å². The van der Waals surface area contributed by atoms with Crippen LogP contribution in [0.15, 0.2) is 24.3 Å². The molecule has 2 rings (SSSR count). The van der Waals surface area contributed by atoms with E-state index < -0.39 is 6.10 Å². The lowest BCUT2D eigenvalue weighted by atomic mass is 10.2. The molecule has 0 heterocycles. The Bertz CT molecular complexity index is 410. The maximum atomic E-state index is 12.0.